The molecule has 0 aliphatic carbocycles. The molecule has 0 bridgehead atoms. The highest BCUT2D eigenvalue weighted by atomic mass is 19.4. The van der Waals surface area contributed by atoms with E-state index in [1.807, 2.05) is 0 Å². The molecular weight excluding hydrogens is 495 g/mol. The monoisotopic (exact) mass is 517 g/mol. The molecule has 0 aliphatic rings. The van der Waals surface area contributed by atoms with Crippen molar-refractivity contribution in [1.29, 1.82) is 0 Å². The zero-order valence-corrected chi connectivity index (χ0v) is 19.8. The van der Waals surface area contributed by atoms with Crippen LogP contribution in [-0.4, -0.2) is 59.7 Å². The van der Waals surface area contributed by atoms with Gasteiger partial charge >= 0.3 is 6.18 Å². The second kappa shape index (κ2) is 11.0. The predicted molar refractivity (Wildman–Crippen MR) is 125 cm³/mol. The SMILES string of the molecule is COc1ccc(-c2nnc3ccc(OCCNC(=O)COc4cccc(C(F)(F)F)c4)nn23)c(OC)c1. The standard InChI is InChI=1S/C24H22F3N5O5/c1-34-16-6-7-18(19(13-16)35-2)23-30-29-20-8-9-22(31-32(20)23)36-11-10-28-21(33)14-37-17-5-3-4-15(12-17)24(25,26)27/h3-9,12-13H,10-11,14H2,1-2H3,(H,28,33). The van der Waals surface area contributed by atoms with Crippen LogP contribution in [0.15, 0.2) is 54.6 Å². The number of hydrogen-bond donors (Lipinski definition) is 1. The highest BCUT2D eigenvalue weighted by Gasteiger charge is 2.30. The first-order valence-corrected chi connectivity index (χ1v) is 10.9. The van der Waals surface area contributed by atoms with Crippen LogP contribution >= 0.6 is 0 Å². The number of nitrogens with zero attached hydrogens (tertiary/aromatic N) is 4. The highest BCUT2D eigenvalue weighted by molar-refractivity contribution is 5.77. The number of carbonyl (C=O) groups excluding carboxylic acids is 1. The molecule has 37 heavy (non-hydrogen) atoms. The van der Waals surface area contributed by atoms with E-state index in [1.165, 1.54) is 23.8 Å². The molecule has 194 valence electrons. The number of halogens is 3. The normalized spacial score (nSPS) is 11.3. The Morgan fingerprint density at radius 3 is 2.57 bits per heavy atom. The van der Waals surface area contributed by atoms with E-state index in [1.54, 1.807) is 37.4 Å². The number of hydrogen-bond acceptors (Lipinski definition) is 8. The maximum Gasteiger partial charge on any atom is 0.416 e. The Balaban J connectivity index is 1.32. The van der Waals surface area contributed by atoms with Crippen molar-refractivity contribution in [2.45, 2.75) is 6.18 Å². The molecule has 0 saturated carbocycles. The third-order valence-electron chi connectivity index (χ3n) is 5.09. The molecule has 1 amide bonds. The number of carbonyl (C=O) groups is 1. The molecule has 0 fully saturated rings. The smallest absolute Gasteiger partial charge is 0.416 e. The molecule has 1 N–H and O–H groups in total. The van der Waals surface area contributed by atoms with Gasteiger partial charge in [-0.3, -0.25) is 4.79 Å². The van der Waals surface area contributed by atoms with Gasteiger partial charge in [0, 0.05) is 12.1 Å². The van der Waals surface area contributed by atoms with Gasteiger partial charge in [-0.05, 0) is 36.4 Å². The minimum atomic E-state index is -4.50. The van der Waals surface area contributed by atoms with Crippen LogP contribution in [0.2, 0.25) is 0 Å². The van der Waals surface area contributed by atoms with Gasteiger partial charge in [0.25, 0.3) is 5.91 Å². The van der Waals surface area contributed by atoms with Gasteiger partial charge in [0.15, 0.2) is 18.1 Å². The van der Waals surface area contributed by atoms with Crippen LogP contribution in [0.3, 0.4) is 0 Å². The number of aromatic nitrogens is 4. The van der Waals surface area contributed by atoms with E-state index < -0.39 is 24.3 Å². The van der Waals surface area contributed by atoms with Crippen LogP contribution in [0.1, 0.15) is 5.56 Å². The minimum absolute atomic E-state index is 0.0584. The number of ether oxygens (including phenoxy) is 4. The van der Waals surface area contributed by atoms with Gasteiger partial charge in [0.05, 0.1) is 31.9 Å². The number of methoxy groups -OCH3 is 2. The molecule has 2 aromatic heterocycles. The average molecular weight is 517 g/mol. The van der Waals surface area contributed by atoms with Crippen molar-refractivity contribution in [1.82, 2.24) is 25.1 Å². The maximum atomic E-state index is 12.8. The van der Waals surface area contributed by atoms with Gasteiger partial charge in [-0.25, -0.2) is 0 Å². The van der Waals surface area contributed by atoms with E-state index in [0.29, 0.717) is 28.5 Å². The first-order chi connectivity index (χ1) is 17.8. The van der Waals surface area contributed by atoms with Gasteiger partial charge in [0.2, 0.25) is 5.88 Å². The number of nitrogens with one attached hydrogen (secondary N) is 1. The summed E-state index contributed by atoms with van der Waals surface area (Å²) in [6, 6.07) is 12.8. The molecule has 4 rings (SSSR count). The Labute approximate surface area is 208 Å². The summed E-state index contributed by atoms with van der Waals surface area (Å²) in [7, 11) is 3.08. The topological polar surface area (TPSA) is 109 Å². The van der Waals surface area contributed by atoms with E-state index in [4.69, 9.17) is 18.9 Å². The summed E-state index contributed by atoms with van der Waals surface area (Å²) >= 11 is 0. The van der Waals surface area contributed by atoms with Crippen LogP contribution in [0.5, 0.6) is 23.1 Å². The number of alkyl halides is 3. The van der Waals surface area contributed by atoms with E-state index in [0.717, 1.165) is 12.1 Å². The molecule has 4 aromatic rings. The van der Waals surface area contributed by atoms with Gasteiger partial charge in [-0.15, -0.1) is 15.3 Å². The van der Waals surface area contributed by atoms with Crippen LogP contribution in [0.4, 0.5) is 13.2 Å². The molecule has 0 atom stereocenters. The van der Waals surface area contributed by atoms with Crippen molar-refractivity contribution in [2.24, 2.45) is 0 Å². The Bertz CT molecular complexity index is 1390. The Morgan fingerprint density at radius 2 is 1.81 bits per heavy atom. The zero-order valence-electron chi connectivity index (χ0n) is 19.8. The number of rotatable bonds is 10. The quantitative estimate of drug-likeness (QED) is 0.319. The van der Waals surface area contributed by atoms with Crippen molar-refractivity contribution < 1.29 is 36.9 Å². The van der Waals surface area contributed by atoms with Crippen molar-refractivity contribution in [3.8, 4) is 34.5 Å². The van der Waals surface area contributed by atoms with Crippen molar-refractivity contribution in [2.75, 3.05) is 34.0 Å². The lowest BCUT2D eigenvalue weighted by Gasteiger charge is -2.11. The fourth-order valence-electron chi connectivity index (χ4n) is 3.31. The van der Waals surface area contributed by atoms with Gasteiger partial charge in [-0.2, -0.15) is 17.7 Å². The second-order valence-electron chi connectivity index (χ2n) is 7.54. The predicted octanol–water partition coefficient (Wildman–Crippen LogP) is 3.40. The van der Waals surface area contributed by atoms with Crippen LogP contribution < -0.4 is 24.3 Å². The van der Waals surface area contributed by atoms with Gasteiger partial charge in [-0.1, -0.05) is 6.07 Å². The van der Waals surface area contributed by atoms with Gasteiger partial charge in [0.1, 0.15) is 23.9 Å². The molecular formula is C24H22F3N5O5. The Hall–Kier alpha value is -4.55. The van der Waals surface area contributed by atoms with E-state index in [9.17, 15) is 18.0 Å². The number of amides is 1. The summed E-state index contributed by atoms with van der Waals surface area (Å²) in [5.41, 5.74) is 0.277. The Kier molecular flexibility index (Phi) is 7.60. The van der Waals surface area contributed by atoms with Crippen molar-refractivity contribution >= 4 is 11.6 Å². The average Bonchev–Trinajstić information content (AvgIpc) is 3.32. The van der Waals surface area contributed by atoms with E-state index >= 15 is 0 Å². The second-order valence-corrected chi connectivity index (χ2v) is 7.54. The molecule has 2 aromatic carbocycles. The summed E-state index contributed by atoms with van der Waals surface area (Å²) in [5, 5.41) is 15.3. The fraction of sp³-hybridized carbons (Fsp3) is 0.250. The van der Waals surface area contributed by atoms with Crippen LogP contribution in [0, 0.1) is 0 Å². The summed E-state index contributed by atoms with van der Waals surface area (Å²) in [6.45, 7) is -0.248. The lowest BCUT2D eigenvalue weighted by molar-refractivity contribution is -0.137. The molecule has 0 aliphatic heterocycles. The van der Waals surface area contributed by atoms with Crippen LogP contribution in [-0.2, 0) is 11.0 Å². The lowest BCUT2D eigenvalue weighted by Crippen LogP contribution is -2.32. The lowest BCUT2D eigenvalue weighted by atomic mass is 10.2. The van der Waals surface area contributed by atoms with E-state index in [-0.39, 0.29) is 24.8 Å². The Morgan fingerprint density at radius 1 is 0.973 bits per heavy atom. The first kappa shape index (κ1) is 25.5. The molecule has 0 unspecified atom stereocenters. The molecule has 0 radical (unpaired) electrons. The van der Waals surface area contributed by atoms with Crippen molar-refractivity contribution in [3.63, 3.8) is 0 Å². The highest BCUT2D eigenvalue weighted by Crippen LogP contribution is 2.33. The third kappa shape index (κ3) is 6.18. The summed E-state index contributed by atoms with van der Waals surface area (Å²) in [4.78, 5) is 12.0. The molecule has 13 heteroatoms. The maximum absolute atomic E-state index is 12.8. The van der Waals surface area contributed by atoms with Gasteiger partial charge < -0.3 is 24.3 Å². The molecule has 10 nitrogen and oxygen atoms in total. The largest absolute Gasteiger partial charge is 0.497 e. The first-order valence-electron chi connectivity index (χ1n) is 10.9. The molecule has 0 saturated heterocycles. The molecule has 0 spiro atoms. The van der Waals surface area contributed by atoms with Crippen molar-refractivity contribution in [3.05, 3.63) is 60.2 Å². The summed E-state index contributed by atoms with van der Waals surface area (Å²) in [5.74, 6) is 1.26. The minimum Gasteiger partial charge on any atom is -0.497 e. The third-order valence-corrected chi connectivity index (χ3v) is 5.09. The summed E-state index contributed by atoms with van der Waals surface area (Å²) < 4.78 is 61.3. The fourth-order valence-corrected chi connectivity index (χ4v) is 3.31. The zero-order chi connectivity index (χ0) is 26.4. The number of fused-ring (bicyclic) bond motifs is 1. The summed E-state index contributed by atoms with van der Waals surface area (Å²) in [6.07, 6.45) is -4.50. The molecule has 2 heterocycles. The van der Waals surface area contributed by atoms with E-state index in [2.05, 4.69) is 20.6 Å². The van der Waals surface area contributed by atoms with Crippen LogP contribution in [0.25, 0.3) is 17.0 Å². The number of benzene rings is 2.